The molecule has 0 amide bonds. The Kier molecular flexibility index (Phi) is 6.58. The Hall–Kier alpha value is -1.69. The number of nitrogens with zero attached hydrogens (tertiary/aromatic N) is 3. The Morgan fingerprint density at radius 1 is 1.07 bits per heavy atom. The molecule has 0 aliphatic carbocycles. The second-order valence-electron chi connectivity index (χ2n) is 9.83. The molecular formula is C22H34FN3O2. The average molecular weight is 392 g/mol. The lowest BCUT2D eigenvalue weighted by molar-refractivity contribution is -0.385. The van der Waals surface area contributed by atoms with E-state index in [2.05, 4.69) is 25.7 Å². The van der Waals surface area contributed by atoms with Gasteiger partial charge >= 0.3 is 0 Å². The molecule has 0 unspecified atom stereocenters. The molecule has 2 fully saturated rings. The Labute approximate surface area is 168 Å². The summed E-state index contributed by atoms with van der Waals surface area (Å²) < 4.78 is 14.3. The summed E-state index contributed by atoms with van der Waals surface area (Å²) in [4.78, 5) is 14.9. The van der Waals surface area contributed by atoms with Crippen LogP contribution < -0.4 is 4.90 Å². The van der Waals surface area contributed by atoms with Crippen molar-refractivity contribution < 1.29 is 9.31 Å². The highest BCUT2D eigenvalue weighted by molar-refractivity contribution is 5.52. The molecule has 2 heterocycles. The Morgan fingerprint density at radius 3 is 2.21 bits per heavy atom. The summed E-state index contributed by atoms with van der Waals surface area (Å²) in [6, 6.07) is 3.98. The number of piperidine rings is 2. The van der Waals surface area contributed by atoms with E-state index in [0.29, 0.717) is 17.0 Å². The molecule has 0 saturated carbocycles. The van der Waals surface area contributed by atoms with Gasteiger partial charge in [-0.2, -0.15) is 0 Å². The second-order valence-corrected chi connectivity index (χ2v) is 9.83. The molecule has 28 heavy (non-hydrogen) atoms. The van der Waals surface area contributed by atoms with Crippen LogP contribution in [0.1, 0.15) is 52.9 Å². The van der Waals surface area contributed by atoms with Gasteiger partial charge in [-0.1, -0.05) is 20.8 Å². The second kappa shape index (κ2) is 8.76. The minimum Gasteiger partial charge on any atom is -0.369 e. The van der Waals surface area contributed by atoms with E-state index in [1.54, 1.807) is 6.07 Å². The van der Waals surface area contributed by atoms with E-state index >= 15 is 0 Å². The van der Waals surface area contributed by atoms with Gasteiger partial charge in [0, 0.05) is 25.7 Å². The maximum absolute atomic E-state index is 14.3. The van der Waals surface area contributed by atoms with Crippen molar-refractivity contribution in [1.82, 2.24) is 4.90 Å². The van der Waals surface area contributed by atoms with Crippen LogP contribution in [0.15, 0.2) is 18.2 Å². The number of hydrogen-bond donors (Lipinski definition) is 0. The average Bonchev–Trinajstić information content (AvgIpc) is 2.63. The summed E-state index contributed by atoms with van der Waals surface area (Å²) in [6.45, 7) is 12.2. The summed E-state index contributed by atoms with van der Waals surface area (Å²) in [7, 11) is 0. The lowest BCUT2D eigenvalue weighted by Crippen LogP contribution is -2.42. The van der Waals surface area contributed by atoms with Gasteiger partial charge in [0.1, 0.15) is 0 Å². The fourth-order valence-corrected chi connectivity index (χ4v) is 4.83. The van der Waals surface area contributed by atoms with Gasteiger partial charge in [0.05, 0.1) is 16.7 Å². The highest BCUT2D eigenvalue weighted by atomic mass is 19.1. The Bertz CT molecular complexity index is 673. The van der Waals surface area contributed by atoms with Crippen LogP contribution in [0.3, 0.4) is 0 Å². The highest BCUT2D eigenvalue weighted by Gasteiger charge is 2.27. The van der Waals surface area contributed by atoms with E-state index in [0.717, 1.165) is 44.5 Å². The van der Waals surface area contributed by atoms with Gasteiger partial charge in [0.25, 0.3) is 5.69 Å². The molecule has 2 aliphatic rings. The van der Waals surface area contributed by atoms with Crippen LogP contribution >= 0.6 is 0 Å². The summed E-state index contributed by atoms with van der Waals surface area (Å²) >= 11 is 0. The predicted molar refractivity (Wildman–Crippen MR) is 111 cm³/mol. The van der Waals surface area contributed by atoms with Gasteiger partial charge in [0.2, 0.25) is 0 Å². The van der Waals surface area contributed by atoms with Crippen molar-refractivity contribution in [2.45, 2.75) is 52.9 Å². The van der Waals surface area contributed by atoms with Crippen LogP contribution in [0.4, 0.5) is 15.8 Å². The van der Waals surface area contributed by atoms with Gasteiger partial charge in [0.15, 0.2) is 5.82 Å². The standard InChI is InChI=1S/C22H34FN3O2/c1-22(2,3)15-17-6-10-24(11-7-17)16-18-8-12-25(13-9-18)21-5-4-19(26(27)28)14-20(21)23/h4-5,14,17-18H,6-13,15-16H2,1-3H3. The van der Waals surface area contributed by atoms with Crippen LogP contribution in [-0.2, 0) is 0 Å². The molecule has 1 aromatic carbocycles. The van der Waals surface area contributed by atoms with Crippen LogP contribution in [0, 0.1) is 33.2 Å². The summed E-state index contributed by atoms with van der Waals surface area (Å²) in [5.74, 6) is 1.04. The van der Waals surface area contributed by atoms with Gasteiger partial charge in [-0.3, -0.25) is 10.1 Å². The number of non-ortho nitro benzene ring substituents is 1. The third kappa shape index (κ3) is 5.66. The molecule has 6 heteroatoms. The first-order valence-corrected chi connectivity index (χ1v) is 10.6. The molecule has 0 aromatic heterocycles. The quantitative estimate of drug-likeness (QED) is 0.518. The van der Waals surface area contributed by atoms with Gasteiger partial charge in [-0.15, -0.1) is 0 Å². The molecule has 2 aliphatic heterocycles. The van der Waals surface area contributed by atoms with Crippen molar-refractivity contribution in [3.8, 4) is 0 Å². The fraction of sp³-hybridized carbons (Fsp3) is 0.727. The molecule has 0 N–H and O–H groups in total. The minimum atomic E-state index is -0.552. The van der Waals surface area contributed by atoms with Crippen LogP contribution in [0.5, 0.6) is 0 Å². The molecule has 5 nitrogen and oxygen atoms in total. The van der Waals surface area contributed by atoms with E-state index in [1.165, 1.54) is 38.4 Å². The Balaban J connectivity index is 1.44. The number of likely N-dealkylation sites (tertiary alicyclic amines) is 1. The summed E-state index contributed by atoms with van der Waals surface area (Å²) in [5.41, 5.74) is 0.727. The largest absolute Gasteiger partial charge is 0.369 e. The number of halogens is 1. The molecule has 156 valence electrons. The number of nitro benzene ring substituents is 1. The molecule has 0 bridgehead atoms. The topological polar surface area (TPSA) is 49.6 Å². The maximum atomic E-state index is 14.3. The first-order chi connectivity index (χ1) is 13.2. The SMILES string of the molecule is CC(C)(C)CC1CCN(CC2CCN(c3ccc([N+](=O)[O-])cc3F)CC2)CC1. The van der Waals surface area contributed by atoms with Gasteiger partial charge in [-0.05, 0) is 68.5 Å². The Morgan fingerprint density at radius 2 is 1.68 bits per heavy atom. The molecule has 0 atom stereocenters. The van der Waals surface area contributed by atoms with Crippen molar-refractivity contribution in [2.24, 2.45) is 17.3 Å². The van der Waals surface area contributed by atoms with E-state index in [4.69, 9.17) is 0 Å². The third-order valence-corrected chi connectivity index (χ3v) is 6.22. The van der Waals surface area contributed by atoms with Crippen molar-refractivity contribution >= 4 is 11.4 Å². The summed E-state index contributed by atoms with van der Waals surface area (Å²) in [5, 5.41) is 10.8. The first-order valence-electron chi connectivity index (χ1n) is 10.6. The molecule has 0 radical (unpaired) electrons. The third-order valence-electron chi connectivity index (χ3n) is 6.22. The number of benzene rings is 1. The number of rotatable bonds is 5. The van der Waals surface area contributed by atoms with Crippen molar-refractivity contribution in [3.63, 3.8) is 0 Å². The van der Waals surface area contributed by atoms with E-state index in [1.807, 2.05) is 4.90 Å². The molecule has 2 saturated heterocycles. The normalized spacial score (nSPS) is 20.5. The smallest absolute Gasteiger partial charge is 0.272 e. The highest BCUT2D eigenvalue weighted by Crippen LogP contribution is 2.32. The number of nitro groups is 1. The molecule has 1 aromatic rings. The van der Waals surface area contributed by atoms with Crippen molar-refractivity contribution in [2.75, 3.05) is 37.6 Å². The molecular weight excluding hydrogens is 357 g/mol. The number of anilines is 1. The van der Waals surface area contributed by atoms with Crippen LogP contribution in [0.25, 0.3) is 0 Å². The zero-order chi connectivity index (χ0) is 20.3. The summed E-state index contributed by atoms with van der Waals surface area (Å²) in [6.07, 6.45) is 6.05. The molecule has 0 spiro atoms. The zero-order valence-corrected chi connectivity index (χ0v) is 17.5. The first kappa shape index (κ1) is 21.0. The van der Waals surface area contributed by atoms with Gasteiger partial charge in [-0.25, -0.2) is 4.39 Å². The lowest BCUT2D eigenvalue weighted by Gasteiger charge is -2.39. The minimum absolute atomic E-state index is 0.189. The van der Waals surface area contributed by atoms with E-state index < -0.39 is 10.7 Å². The van der Waals surface area contributed by atoms with E-state index in [9.17, 15) is 14.5 Å². The maximum Gasteiger partial charge on any atom is 0.272 e. The van der Waals surface area contributed by atoms with Crippen molar-refractivity contribution in [3.05, 3.63) is 34.1 Å². The van der Waals surface area contributed by atoms with Crippen molar-refractivity contribution in [1.29, 1.82) is 0 Å². The monoisotopic (exact) mass is 391 g/mol. The van der Waals surface area contributed by atoms with Crippen LogP contribution in [0.2, 0.25) is 0 Å². The number of hydrogen-bond acceptors (Lipinski definition) is 4. The van der Waals surface area contributed by atoms with Crippen LogP contribution in [-0.4, -0.2) is 42.5 Å². The lowest BCUT2D eigenvalue weighted by atomic mass is 9.80. The van der Waals surface area contributed by atoms with E-state index in [-0.39, 0.29) is 5.69 Å². The molecule has 3 rings (SSSR count). The van der Waals surface area contributed by atoms with Gasteiger partial charge < -0.3 is 9.80 Å². The predicted octanol–water partition coefficient (Wildman–Crippen LogP) is 5.10. The zero-order valence-electron chi connectivity index (χ0n) is 17.5. The fourth-order valence-electron chi connectivity index (χ4n) is 4.83.